The van der Waals surface area contributed by atoms with Crippen molar-refractivity contribution in [3.05, 3.63) is 64.1 Å². The molecular formula is C25H26ClFO3. The van der Waals surface area contributed by atoms with Gasteiger partial charge in [0.05, 0.1) is 17.7 Å². The summed E-state index contributed by atoms with van der Waals surface area (Å²) >= 11 is 5.77. The van der Waals surface area contributed by atoms with E-state index in [1.54, 1.807) is 6.07 Å². The molecule has 1 heterocycles. The molecule has 6 rings (SSSR count). The molecule has 0 spiro atoms. The molecule has 2 aromatic carbocycles. The lowest BCUT2D eigenvalue weighted by atomic mass is 9.61. The van der Waals surface area contributed by atoms with Gasteiger partial charge < -0.3 is 14.6 Å². The minimum Gasteiger partial charge on any atom is -0.512 e. The van der Waals surface area contributed by atoms with E-state index >= 15 is 0 Å². The van der Waals surface area contributed by atoms with Crippen LogP contribution in [0.4, 0.5) is 4.39 Å². The van der Waals surface area contributed by atoms with E-state index in [0.29, 0.717) is 35.7 Å². The monoisotopic (exact) mass is 428 g/mol. The lowest BCUT2D eigenvalue weighted by Crippen LogP contribution is -2.48. The van der Waals surface area contributed by atoms with Gasteiger partial charge >= 0.3 is 0 Å². The van der Waals surface area contributed by atoms with Crippen molar-refractivity contribution >= 4 is 17.2 Å². The molecule has 3 saturated carbocycles. The van der Waals surface area contributed by atoms with E-state index in [1.807, 2.05) is 18.2 Å². The summed E-state index contributed by atoms with van der Waals surface area (Å²) in [6.45, 7) is 2.52. The fraction of sp³-hybridized carbons (Fsp3) is 0.440. The Morgan fingerprint density at radius 3 is 2.50 bits per heavy atom. The third-order valence-electron chi connectivity index (χ3n) is 7.10. The summed E-state index contributed by atoms with van der Waals surface area (Å²) in [6, 6.07) is 10.2. The Labute approximate surface area is 181 Å². The number of aliphatic hydroxyl groups is 1. The topological polar surface area (TPSA) is 38.7 Å². The normalized spacial score (nSPS) is 27.8. The first-order valence-electron chi connectivity index (χ1n) is 10.8. The van der Waals surface area contributed by atoms with Gasteiger partial charge in [0.2, 0.25) is 0 Å². The maximum atomic E-state index is 13.8. The second-order valence-electron chi connectivity index (χ2n) is 8.69. The van der Waals surface area contributed by atoms with Crippen LogP contribution in [0, 0.1) is 23.6 Å². The van der Waals surface area contributed by atoms with E-state index in [0.717, 1.165) is 23.1 Å². The van der Waals surface area contributed by atoms with Crippen molar-refractivity contribution < 1.29 is 19.0 Å². The number of aliphatic hydroxyl groups excluding tert-OH is 1. The van der Waals surface area contributed by atoms with Crippen LogP contribution in [-0.4, -0.2) is 17.8 Å². The van der Waals surface area contributed by atoms with Crippen molar-refractivity contribution in [3.8, 4) is 11.5 Å². The Hall–Kier alpha value is -2.04. The first kappa shape index (κ1) is 19.9. The third-order valence-corrected chi connectivity index (χ3v) is 7.41. The number of halogens is 2. The summed E-state index contributed by atoms with van der Waals surface area (Å²) < 4.78 is 26.0. The van der Waals surface area contributed by atoms with Crippen LogP contribution in [-0.2, 0) is 11.2 Å². The molecule has 1 N–H and O–H groups in total. The molecule has 158 valence electrons. The van der Waals surface area contributed by atoms with Gasteiger partial charge in [0.1, 0.15) is 23.1 Å². The number of hydrogen-bond donors (Lipinski definition) is 1. The van der Waals surface area contributed by atoms with E-state index in [4.69, 9.17) is 21.1 Å². The van der Waals surface area contributed by atoms with Crippen LogP contribution in [0.15, 0.2) is 42.2 Å². The molecule has 0 radical (unpaired) electrons. The highest BCUT2D eigenvalue weighted by molar-refractivity contribution is 6.30. The molecule has 30 heavy (non-hydrogen) atoms. The van der Waals surface area contributed by atoms with Crippen molar-refractivity contribution in [3.63, 3.8) is 0 Å². The first-order chi connectivity index (χ1) is 14.5. The highest BCUT2D eigenvalue weighted by atomic mass is 35.5. The van der Waals surface area contributed by atoms with Crippen molar-refractivity contribution in [1.29, 1.82) is 0 Å². The van der Waals surface area contributed by atoms with Crippen molar-refractivity contribution in [2.24, 2.45) is 17.8 Å². The standard InChI is InChI=1S/C25H26ClFO3/c1-2-14-7-8-17(30-18-9-10-21(26)22(27)12-18)11-19(14)20-13-29-25-16-5-3-15(4-6-16)23(25)24(20)28/h7-12,15-16,23,25,28H,2-6,13H2,1H3/t15-,16+,23?,25?. The average Bonchev–Trinajstić information content (AvgIpc) is 2.77. The lowest BCUT2D eigenvalue weighted by Gasteiger charge is -2.50. The Balaban J connectivity index is 1.50. The zero-order valence-electron chi connectivity index (χ0n) is 17.0. The molecular weight excluding hydrogens is 403 g/mol. The molecule has 0 saturated heterocycles. The fourth-order valence-electron chi connectivity index (χ4n) is 5.57. The van der Waals surface area contributed by atoms with Crippen LogP contribution < -0.4 is 4.74 Å². The fourth-order valence-corrected chi connectivity index (χ4v) is 5.69. The van der Waals surface area contributed by atoms with Crippen molar-refractivity contribution in [1.82, 2.24) is 0 Å². The molecule has 2 aromatic rings. The maximum absolute atomic E-state index is 13.8. The van der Waals surface area contributed by atoms with Gasteiger partial charge in [-0.25, -0.2) is 4.39 Å². The molecule has 3 nitrogen and oxygen atoms in total. The van der Waals surface area contributed by atoms with E-state index < -0.39 is 5.82 Å². The lowest BCUT2D eigenvalue weighted by molar-refractivity contribution is -0.0972. The molecule has 2 bridgehead atoms. The number of fused-ring (bicyclic) bond motifs is 2. The van der Waals surface area contributed by atoms with Gasteiger partial charge in [-0.1, -0.05) is 24.6 Å². The number of rotatable bonds is 4. The third kappa shape index (κ3) is 3.40. The summed E-state index contributed by atoms with van der Waals surface area (Å²) in [5.41, 5.74) is 2.96. The second-order valence-corrected chi connectivity index (χ2v) is 9.10. The van der Waals surface area contributed by atoms with Crippen molar-refractivity contribution in [2.75, 3.05) is 6.61 Å². The molecule has 3 aliphatic carbocycles. The van der Waals surface area contributed by atoms with Crippen LogP contribution in [0.5, 0.6) is 11.5 Å². The Kier molecular flexibility index (Phi) is 5.24. The minimum atomic E-state index is -0.515. The molecule has 0 amide bonds. The first-order valence-corrected chi connectivity index (χ1v) is 11.2. The summed E-state index contributed by atoms with van der Waals surface area (Å²) in [5.74, 6) is 2.16. The van der Waals surface area contributed by atoms with Crippen LogP contribution in [0.25, 0.3) is 5.57 Å². The molecule has 1 aliphatic heterocycles. The predicted octanol–water partition coefficient (Wildman–Crippen LogP) is 6.94. The summed E-state index contributed by atoms with van der Waals surface area (Å²) in [4.78, 5) is 0. The number of benzene rings is 2. The minimum absolute atomic E-state index is 0.0649. The van der Waals surface area contributed by atoms with Crippen LogP contribution in [0.1, 0.15) is 43.7 Å². The highest BCUT2D eigenvalue weighted by Crippen LogP contribution is 2.52. The molecule has 2 unspecified atom stereocenters. The van der Waals surface area contributed by atoms with E-state index in [9.17, 15) is 9.50 Å². The van der Waals surface area contributed by atoms with E-state index in [-0.39, 0.29) is 17.0 Å². The van der Waals surface area contributed by atoms with Gasteiger partial charge in [-0.3, -0.25) is 0 Å². The van der Waals surface area contributed by atoms with Gasteiger partial charge in [0.25, 0.3) is 0 Å². The Morgan fingerprint density at radius 1 is 1.07 bits per heavy atom. The van der Waals surface area contributed by atoms with Crippen LogP contribution in [0.2, 0.25) is 5.02 Å². The smallest absolute Gasteiger partial charge is 0.145 e. The van der Waals surface area contributed by atoms with Gasteiger partial charge in [0, 0.05) is 17.6 Å². The summed E-state index contributed by atoms with van der Waals surface area (Å²) in [6.07, 6.45) is 5.78. The number of aryl methyl sites for hydroxylation is 1. The second kappa shape index (κ2) is 7.90. The quantitative estimate of drug-likeness (QED) is 0.573. The zero-order valence-corrected chi connectivity index (χ0v) is 17.8. The largest absolute Gasteiger partial charge is 0.512 e. The van der Waals surface area contributed by atoms with Crippen LogP contribution in [0.3, 0.4) is 0 Å². The van der Waals surface area contributed by atoms with Crippen molar-refractivity contribution in [2.45, 2.75) is 45.1 Å². The van der Waals surface area contributed by atoms with Crippen LogP contribution >= 0.6 is 11.6 Å². The molecule has 4 aliphatic rings. The van der Waals surface area contributed by atoms with Gasteiger partial charge in [0.15, 0.2) is 0 Å². The number of ether oxygens (including phenoxy) is 2. The Bertz CT molecular complexity index is 994. The Morgan fingerprint density at radius 2 is 1.77 bits per heavy atom. The summed E-state index contributed by atoms with van der Waals surface area (Å²) in [7, 11) is 0. The van der Waals surface area contributed by atoms with Gasteiger partial charge in [-0.2, -0.15) is 0 Å². The molecule has 3 fully saturated rings. The zero-order chi connectivity index (χ0) is 20.8. The number of hydrogen-bond acceptors (Lipinski definition) is 3. The van der Waals surface area contributed by atoms with E-state index in [2.05, 4.69) is 6.92 Å². The molecule has 5 heteroatoms. The maximum Gasteiger partial charge on any atom is 0.145 e. The van der Waals surface area contributed by atoms with Gasteiger partial charge in [-0.15, -0.1) is 0 Å². The SMILES string of the molecule is CCc1ccc(Oc2ccc(Cl)c(F)c2)cc1C1=C(O)C2C(OC1)[C@H]1CC[C@@H]2CC1. The highest BCUT2D eigenvalue weighted by Gasteiger charge is 2.48. The average molecular weight is 429 g/mol. The predicted molar refractivity (Wildman–Crippen MR) is 116 cm³/mol. The van der Waals surface area contributed by atoms with Gasteiger partial charge in [-0.05, 0) is 79.3 Å². The van der Waals surface area contributed by atoms with E-state index in [1.165, 1.54) is 37.8 Å². The molecule has 0 aromatic heterocycles. The summed E-state index contributed by atoms with van der Waals surface area (Å²) in [5, 5.41) is 11.4. The molecule has 2 atom stereocenters.